The zero-order chi connectivity index (χ0) is 20.9. The highest BCUT2D eigenvalue weighted by Crippen LogP contribution is 2.33. The van der Waals surface area contributed by atoms with Gasteiger partial charge in [-0.15, -0.1) is 0 Å². The number of nitrogens with zero attached hydrogens (tertiary/aromatic N) is 1. The lowest BCUT2D eigenvalue weighted by atomic mass is 10.2. The second kappa shape index (κ2) is 8.75. The van der Waals surface area contributed by atoms with Crippen molar-refractivity contribution in [3.63, 3.8) is 0 Å². The first-order valence-electron chi connectivity index (χ1n) is 8.31. The third-order valence-electron chi connectivity index (χ3n) is 3.87. The average Bonchev–Trinajstić information content (AvgIpc) is 2.65. The Bertz CT molecular complexity index is 970. The molecular formula is C19H22N2O6S. The Morgan fingerprint density at radius 1 is 1.07 bits per heavy atom. The van der Waals surface area contributed by atoms with Crippen molar-refractivity contribution in [1.29, 1.82) is 0 Å². The minimum absolute atomic E-state index is 0.0472. The van der Waals surface area contributed by atoms with Crippen molar-refractivity contribution in [1.82, 2.24) is 0 Å². The quantitative estimate of drug-likeness (QED) is 0.708. The highest BCUT2D eigenvalue weighted by molar-refractivity contribution is 7.92. The van der Waals surface area contributed by atoms with Crippen LogP contribution in [0.3, 0.4) is 0 Å². The number of ether oxygens (including phenoxy) is 2. The molecular weight excluding hydrogens is 384 g/mol. The van der Waals surface area contributed by atoms with Gasteiger partial charge in [0.2, 0.25) is 5.91 Å². The van der Waals surface area contributed by atoms with E-state index in [1.807, 2.05) is 0 Å². The molecule has 0 radical (unpaired) electrons. The minimum atomic E-state index is -4.11. The van der Waals surface area contributed by atoms with Gasteiger partial charge in [-0.05, 0) is 48.9 Å². The number of carbonyl (C=O) groups is 2. The Labute approximate surface area is 164 Å². The van der Waals surface area contributed by atoms with Crippen molar-refractivity contribution in [2.75, 3.05) is 30.4 Å². The lowest BCUT2D eigenvalue weighted by molar-refractivity contribution is -0.138. The normalized spacial score (nSPS) is 10.9. The summed E-state index contributed by atoms with van der Waals surface area (Å²) in [7, 11) is -1.51. The van der Waals surface area contributed by atoms with Crippen molar-refractivity contribution in [3.05, 3.63) is 48.0 Å². The van der Waals surface area contributed by atoms with Crippen LogP contribution in [0.4, 0.5) is 11.4 Å². The molecule has 0 spiro atoms. The SMILES string of the molecule is COC(=O)CN(c1cc(C)ccc1OC)S(=O)(=O)c1ccc(NC(C)=O)cc1. The maximum Gasteiger partial charge on any atom is 0.326 e. The van der Waals surface area contributed by atoms with Crippen LogP contribution in [0.2, 0.25) is 0 Å². The zero-order valence-electron chi connectivity index (χ0n) is 16.1. The Hall–Kier alpha value is -3.07. The molecule has 0 saturated carbocycles. The fraction of sp³-hybridized carbons (Fsp3) is 0.263. The molecule has 0 fully saturated rings. The average molecular weight is 406 g/mol. The molecule has 0 aromatic heterocycles. The van der Waals surface area contributed by atoms with Gasteiger partial charge in [0, 0.05) is 12.6 Å². The van der Waals surface area contributed by atoms with Crippen LogP contribution >= 0.6 is 0 Å². The summed E-state index contributed by atoms with van der Waals surface area (Å²) in [5, 5.41) is 2.57. The zero-order valence-corrected chi connectivity index (χ0v) is 16.9. The van der Waals surface area contributed by atoms with Crippen LogP contribution in [-0.4, -0.2) is 41.1 Å². The van der Waals surface area contributed by atoms with E-state index in [1.165, 1.54) is 45.4 Å². The Kier molecular flexibility index (Phi) is 6.63. The van der Waals surface area contributed by atoms with Crippen molar-refractivity contribution in [2.45, 2.75) is 18.7 Å². The molecule has 8 nitrogen and oxygen atoms in total. The van der Waals surface area contributed by atoms with Gasteiger partial charge in [0.1, 0.15) is 12.3 Å². The van der Waals surface area contributed by atoms with Crippen LogP contribution < -0.4 is 14.4 Å². The molecule has 0 saturated heterocycles. The third-order valence-corrected chi connectivity index (χ3v) is 5.64. The second-order valence-corrected chi connectivity index (χ2v) is 7.83. The predicted octanol–water partition coefficient (Wildman–Crippen LogP) is 2.33. The van der Waals surface area contributed by atoms with Gasteiger partial charge >= 0.3 is 5.97 Å². The lowest BCUT2D eigenvalue weighted by Crippen LogP contribution is -2.36. The molecule has 0 bridgehead atoms. The largest absolute Gasteiger partial charge is 0.495 e. The number of aryl methyl sites for hydroxylation is 1. The number of carbonyl (C=O) groups excluding carboxylic acids is 2. The number of sulfonamides is 1. The van der Waals surface area contributed by atoms with E-state index >= 15 is 0 Å². The van der Waals surface area contributed by atoms with Crippen LogP contribution in [0.25, 0.3) is 0 Å². The molecule has 0 atom stereocenters. The topological polar surface area (TPSA) is 102 Å². The predicted molar refractivity (Wildman–Crippen MR) is 105 cm³/mol. The molecule has 2 aromatic carbocycles. The van der Waals surface area contributed by atoms with Gasteiger partial charge in [0.15, 0.2) is 0 Å². The van der Waals surface area contributed by atoms with Gasteiger partial charge in [0.25, 0.3) is 10.0 Å². The van der Waals surface area contributed by atoms with Crippen molar-refractivity contribution in [3.8, 4) is 5.75 Å². The molecule has 2 rings (SSSR count). The summed E-state index contributed by atoms with van der Waals surface area (Å²) in [4.78, 5) is 23.0. The van der Waals surface area contributed by atoms with Crippen LogP contribution in [0.15, 0.2) is 47.4 Å². The molecule has 150 valence electrons. The molecule has 0 aliphatic rings. The van der Waals surface area contributed by atoms with E-state index in [1.54, 1.807) is 25.1 Å². The summed E-state index contributed by atoms with van der Waals surface area (Å²) in [5.74, 6) is -0.692. The van der Waals surface area contributed by atoms with Crippen LogP contribution in [-0.2, 0) is 24.3 Å². The molecule has 1 amide bonds. The smallest absolute Gasteiger partial charge is 0.326 e. The van der Waals surface area contributed by atoms with Gasteiger partial charge in [0.05, 0.1) is 24.8 Å². The maximum atomic E-state index is 13.3. The van der Waals surface area contributed by atoms with E-state index in [0.717, 1.165) is 9.87 Å². The molecule has 1 N–H and O–H groups in total. The summed E-state index contributed by atoms with van der Waals surface area (Å²) in [6, 6.07) is 10.7. The summed E-state index contributed by atoms with van der Waals surface area (Å²) in [6.07, 6.45) is 0. The Morgan fingerprint density at radius 3 is 2.25 bits per heavy atom. The van der Waals surface area contributed by atoms with Gasteiger partial charge in [-0.25, -0.2) is 8.42 Å². The van der Waals surface area contributed by atoms with E-state index in [2.05, 4.69) is 10.1 Å². The van der Waals surface area contributed by atoms with E-state index in [0.29, 0.717) is 11.4 Å². The van der Waals surface area contributed by atoms with E-state index in [4.69, 9.17) is 4.74 Å². The molecule has 0 aliphatic carbocycles. The van der Waals surface area contributed by atoms with Gasteiger partial charge in [-0.2, -0.15) is 0 Å². The number of rotatable bonds is 7. The molecule has 0 unspecified atom stereocenters. The fourth-order valence-electron chi connectivity index (χ4n) is 2.52. The van der Waals surface area contributed by atoms with E-state index in [-0.39, 0.29) is 16.5 Å². The summed E-state index contributed by atoms with van der Waals surface area (Å²) >= 11 is 0. The van der Waals surface area contributed by atoms with Gasteiger partial charge in [-0.3, -0.25) is 13.9 Å². The first-order chi connectivity index (χ1) is 13.2. The minimum Gasteiger partial charge on any atom is -0.495 e. The van der Waals surface area contributed by atoms with E-state index < -0.39 is 22.5 Å². The monoisotopic (exact) mass is 406 g/mol. The van der Waals surface area contributed by atoms with Crippen LogP contribution in [0.1, 0.15) is 12.5 Å². The molecule has 0 heterocycles. The molecule has 9 heteroatoms. The molecule has 0 aliphatic heterocycles. The first-order valence-corrected chi connectivity index (χ1v) is 9.75. The maximum absolute atomic E-state index is 13.3. The number of methoxy groups -OCH3 is 2. The number of benzene rings is 2. The number of hydrogen-bond donors (Lipinski definition) is 1. The highest BCUT2D eigenvalue weighted by atomic mass is 32.2. The number of nitrogens with one attached hydrogen (secondary N) is 1. The third kappa shape index (κ3) is 4.80. The van der Waals surface area contributed by atoms with Crippen molar-refractivity contribution < 1.29 is 27.5 Å². The second-order valence-electron chi connectivity index (χ2n) is 5.97. The summed E-state index contributed by atoms with van der Waals surface area (Å²) in [6.45, 7) is 2.63. The number of esters is 1. The van der Waals surface area contributed by atoms with Crippen molar-refractivity contribution in [2.24, 2.45) is 0 Å². The Balaban J connectivity index is 2.55. The van der Waals surface area contributed by atoms with Gasteiger partial charge in [-0.1, -0.05) is 6.07 Å². The fourth-order valence-corrected chi connectivity index (χ4v) is 3.93. The van der Waals surface area contributed by atoms with Crippen LogP contribution in [0.5, 0.6) is 5.75 Å². The number of hydrogen-bond acceptors (Lipinski definition) is 6. The first kappa shape index (κ1) is 21.2. The summed E-state index contributed by atoms with van der Waals surface area (Å²) < 4.78 is 37.4. The van der Waals surface area contributed by atoms with Crippen LogP contribution in [0, 0.1) is 6.92 Å². The Morgan fingerprint density at radius 2 is 1.71 bits per heavy atom. The van der Waals surface area contributed by atoms with E-state index in [9.17, 15) is 18.0 Å². The molecule has 2 aromatic rings. The number of anilines is 2. The van der Waals surface area contributed by atoms with Gasteiger partial charge < -0.3 is 14.8 Å². The summed E-state index contributed by atoms with van der Waals surface area (Å²) in [5.41, 5.74) is 1.47. The number of amides is 1. The van der Waals surface area contributed by atoms with Crippen molar-refractivity contribution >= 4 is 33.3 Å². The highest BCUT2D eigenvalue weighted by Gasteiger charge is 2.30. The lowest BCUT2D eigenvalue weighted by Gasteiger charge is -2.25. The molecule has 28 heavy (non-hydrogen) atoms. The standard InChI is InChI=1S/C19H22N2O6S/c1-13-5-10-18(26-3)17(11-13)21(12-19(23)27-4)28(24,25)16-8-6-15(7-9-16)20-14(2)22/h5-11H,12H2,1-4H3,(H,20,22).